The summed E-state index contributed by atoms with van der Waals surface area (Å²) in [5.41, 5.74) is 0.216. The minimum absolute atomic E-state index is 0.0671. The van der Waals surface area contributed by atoms with Gasteiger partial charge in [0.15, 0.2) is 0 Å². The second-order valence-corrected chi connectivity index (χ2v) is 5.85. The Bertz CT molecular complexity index is 744. The van der Waals surface area contributed by atoms with Gasteiger partial charge in [0.1, 0.15) is 0 Å². The molecule has 0 radical (unpaired) electrons. The highest BCUT2D eigenvalue weighted by Gasteiger charge is 2.17. The van der Waals surface area contributed by atoms with Crippen molar-refractivity contribution in [3.63, 3.8) is 0 Å². The van der Waals surface area contributed by atoms with E-state index >= 15 is 0 Å². The second-order valence-electron chi connectivity index (χ2n) is 5.85. The summed E-state index contributed by atoms with van der Waals surface area (Å²) < 4.78 is 0. The molecule has 8 nitrogen and oxygen atoms in total. The third-order valence-corrected chi connectivity index (χ3v) is 3.98. The van der Waals surface area contributed by atoms with Crippen molar-refractivity contribution in [1.82, 2.24) is 5.32 Å². The predicted molar refractivity (Wildman–Crippen MR) is 95.9 cm³/mol. The highest BCUT2D eigenvalue weighted by atomic mass is 16.6. The summed E-state index contributed by atoms with van der Waals surface area (Å²) in [5, 5.41) is 23.4. The van der Waals surface area contributed by atoms with Crippen LogP contribution >= 0.6 is 0 Å². The van der Waals surface area contributed by atoms with Crippen LogP contribution in [0.1, 0.15) is 36.0 Å². The first kappa shape index (κ1) is 19.0. The van der Waals surface area contributed by atoms with Gasteiger partial charge in [-0.1, -0.05) is 31.0 Å². The van der Waals surface area contributed by atoms with E-state index in [1.807, 2.05) is 30.3 Å². The molecule has 136 valence electrons. The molecule has 8 heteroatoms. The molecule has 1 aliphatic rings. The van der Waals surface area contributed by atoms with E-state index in [2.05, 4.69) is 5.32 Å². The lowest BCUT2D eigenvalue weighted by atomic mass is 10.2. The van der Waals surface area contributed by atoms with Gasteiger partial charge >= 0.3 is 0 Å². The van der Waals surface area contributed by atoms with Crippen LogP contribution in [0.15, 0.2) is 54.6 Å². The molecule has 0 atom stereocenters. The molecule has 0 saturated heterocycles. The lowest BCUT2D eigenvalue weighted by Gasteiger charge is -2.11. The van der Waals surface area contributed by atoms with E-state index < -0.39 is 9.85 Å². The molecule has 1 aliphatic carbocycles. The minimum atomic E-state index is -0.674. The number of nitrogens with one attached hydrogen (secondary N) is 1. The smallest absolute Gasteiger partial charge is 0.276 e. The third-order valence-electron chi connectivity index (χ3n) is 3.98. The fourth-order valence-corrected chi connectivity index (χ4v) is 2.65. The quantitative estimate of drug-likeness (QED) is 0.659. The van der Waals surface area contributed by atoms with E-state index in [0.29, 0.717) is 6.04 Å². The Labute approximate surface area is 150 Å². The number of nitro groups is 2. The summed E-state index contributed by atoms with van der Waals surface area (Å²) >= 11 is 0. The number of hydrogen-bond acceptors (Lipinski definition) is 5. The Balaban J connectivity index is 0.000000190. The molecule has 26 heavy (non-hydrogen) atoms. The molecule has 3 rings (SSSR count). The Morgan fingerprint density at radius 2 is 1.42 bits per heavy atom. The zero-order valence-electron chi connectivity index (χ0n) is 14.0. The summed E-state index contributed by atoms with van der Waals surface area (Å²) in [6, 6.07) is 14.4. The molecular weight excluding hydrogens is 338 g/mol. The fourth-order valence-electron chi connectivity index (χ4n) is 2.65. The average molecular weight is 357 g/mol. The zero-order chi connectivity index (χ0) is 18.9. The Morgan fingerprint density at radius 1 is 0.885 bits per heavy atom. The van der Waals surface area contributed by atoms with E-state index in [4.69, 9.17) is 0 Å². The van der Waals surface area contributed by atoms with Gasteiger partial charge in [0, 0.05) is 23.7 Å². The first-order valence-corrected chi connectivity index (χ1v) is 8.22. The molecule has 1 N–H and O–H groups in total. The standard InChI is InChI=1S/C12H15NO.C6H4N2O4/c14-12(10-6-2-1-3-7-10)13-11-8-4-5-9-11;9-7(10)5-2-1-3-6(4-5)8(11)12/h1-3,6-7,11H,4-5,8-9H2,(H,13,14);1-4H. The molecule has 2 aromatic rings. The number of benzene rings is 2. The minimum Gasteiger partial charge on any atom is -0.349 e. The zero-order valence-corrected chi connectivity index (χ0v) is 14.0. The second kappa shape index (κ2) is 9.26. The highest BCUT2D eigenvalue weighted by molar-refractivity contribution is 5.94. The topological polar surface area (TPSA) is 115 Å². The van der Waals surface area contributed by atoms with E-state index in [1.165, 1.54) is 31.0 Å². The molecule has 0 unspecified atom stereocenters. The number of non-ortho nitro benzene ring substituents is 2. The van der Waals surface area contributed by atoms with Gasteiger partial charge < -0.3 is 5.32 Å². The van der Waals surface area contributed by atoms with Gasteiger partial charge in [0.25, 0.3) is 17.3 Å². The van der Waals surface area contributed by atoms with Crippen molar-refractivity contribution in [3.8, 4) is 0 Å². The van der Waals surface area contributed by atoms with Crippen molar-refractivity contribution in [2.24, 2.45) is 0 Å². The molecule has 1 fully saturated rings. The number of amides is 1. The normalized spacial score (nSPS) is 13.4. The fraction of sp³-hybridized carbons (Fsp3) is 0.278. The number of carbonyl (C=O) groups excluding carboxylic acids is 1. The Hall–Kier alpha value is -3.29. The van der Waals surface area contributed by atoms with Gasteiger partial charge in [-0.2, -0.15) is 0 Å². The van der Waals surface area contributed by atoms with E-state index in [9.17, 15) is 25.0 Å². The summed E-state index contributed by atoms with van der Waals surface area (Å²) in [5.74, 6) is 0.0671. The van der Waals surface area contributed by atoms with Crippen LogP contribution in [-0.4, -0.2) is 21.8 Å². The molecule has 1 amide bonds. The highest BCUT2D eigenvalue weighted by Crippen LogP contribution is 2.19. The maximum Gasteiger partial charge on any atom is 0.276 e. The first-order valence-electron chi connectivity index (χ1n) is 8.22. The van der Waals surface area contributed by atoms with Gasteiger partial charge in [-0.3, -0.25) is 25.0 Å². The predicted octanol–water partition coefficient (Wildman–Crippen LogP) is 3.86. The van der Waals surface area contributed by atoms with E-state index in [1.54, 1.807) is 0 Å². The Morgan fingerprint density at radius 3 is 1.92 bits per heavy atom. The van der Waals surface area contributed by atoms with Crippen molar-refractivity contribution in [1.29, 1.82) is 0 Å². The van der Waals surface area contributed by atoms with Crippen molar-refractivity contribution in [3.05, 3.63) is 80.4 Å². The van der Waals surface area contributed by atoms with Crippen LogP contribution in [0, 0.1) is 20.2 Å². The van der Waals surface area contributed by atoms with Crippen molar-refractivity contribution in [2.45, 2.75) is 31.7 Å². The maximum absolute atomic E-state index is 11.7. The van der Waals surface area contributed by atoms with E-state index in [0.717, 1.165) is 24.5 Å². The van der Waals surface area contributed by atoms with Gasteiger partial charge in [-0.15, -0.1) is 0 Å². The van der Waals surface area contributed by atoms with Crippen LogP contribution < -0.4 is 5.32 Å². The largest absolute Gasteiger partial charge is 0.349 e. The number of rotatable bonds is 4. The molecule has 2 aromatic carbocycles. The average Bonchev–Trinajstić information content (AvgIpc) is 3.16. The number of nitro benzene ring substituents is 2. The lowest BCUT2D eigenvalue weighted by Crippen LogP contribution is -2.32. The molecule has 0 aliphatic heterocycles. The van der Waals surface area contributed by atoms with Crippen LogP contribution in [0.5, 0.6) is 0 Å². The molecule has 0 bridgehead atoms. The van der Waals surface area contributed by atoms with Crippen molar-refractivity contribution >= 4 is 17.3 Å². The third kappa shape index (κ3) is 5.66. The molecular formula is C18H19N3O5. The van der Waals surface area contributed by atoms with Gasteiger partial charge in [0.2, 0.25) is 0 Å². The van der Waals surface area contributed by atoms with Crippen LogP contribution in [0.3, 0.4) is 0 Å². The maximum atomic E-state index is 11.7. The van der Waals surface area contributed by atoms with Crippen molar-refractivity contribution < 1.29 is 14.6 Å². The molecule has 1 saturated carbocycles. The summed E-state index contributed by atoms with van der Waals surface area (Å²) in [7, 11) is 0. The summed E-state index contributed by atoms with van der Waals surface area (Å²) in [6.45, 7) is 0. The monoisotopic (exact) mass is 357 g/mol. The molecule has 0 aromatic heterocycles. The van der Waals surface area contributed by atoms with Gasteiger partial charge in [-0.05, 0) is 31.0 Å². The summed E-state index contributed by atoms with van der Waals surface area (Å²) in [6.07, 6.45) is 4.77. The van der Waals surface area contributed by atoms with Gasteiger partial charge in [0.05, 0.1) is 15.9 Å². The number of hydrogen-bond donors (Lipinski definition) is 1. The number of carbonyl (C=O) groups is 1. The molecule has 0 spiro atoms. The first-order chi connectivity index (χ1) is 12.5. The van der Waals surface area contributed by atoms with Crippen LogP contribution in [0.25, 0.3) is 0 Å². The van der Waals surface area contributed by atoms with Crippen LogP contribution in [0.2, 0.25) is 0 Å². The van der Waals surface area contributed by atoms with Crippen molar-refractivity contribution in [2.75, 3.05) is 0 Å². The number of nitrogens with zero attached hydrogens (tertiary/aromatic N) is 2. The molecule has 0 heterocycles. The Kier molecular flexibility index (Phi) is 6.78. The van der Waals surface area contributed by atoms with Gasteiger partial charge in [-0.25, -0.2) is 0 Å². The van der Waals surface area contributed by atoms with Crippen LogP contribution in [0.4, 0.5) is 11.4 Å². The van der Waals surface area contributed by atoms with Crippen LogP contribution in [-0.2, 0) is 0 Å². The summed E-state index contributed by atoms with van der Waals surface area (Å²) in [4.78, 5) is 30.7. The lowest BCUT2D eigenvalue weighted by molar-refractivity contribution is -0.394. The van der Waals surface area contributed by atoms with E-state index in [-0.39, 0.29) is 17.3 Å². The SMILES string of the molecule is O=C(NC1CCCC1)c1ccccc1.O=[N+]([O-])c1cccc([N+](=O)[O-])c1.